The van der Waals surface area contributed by atoms with Gasteiger partial charge in [0.1, 0.15) is 11.6 Å². The zero-order chi connectivity index (χ0) is 15.4. The first kappa shape index (κ1) is 15.2. The quantitative estimate of drug-likeness (QED) is 0.920. The average Bonchev–Trinajstić information content (AvgIpc) is 2.85. The fourth-order valence-corrected chi connectivity index (χ4v) is 1.89. The molecule has 0 radical (unpaired) electrons. The predicted molar refractivity (Wildman–Crippen MR) is 77.2 cm³/mol. The Kier molecular flexibility index (Phi) is 4.70. The van der Waals surface area contributed by atoms with E-state index in [4.69, 9.17) is 4.52 Å². The molecule has 5 nitrogen and oxygen atoms in total. The summed E-state index contributed by atoms with van der Waals surface area (Å²) in [7, 11) is 1.77. The van der Waals surface area contributed by atoms with Crippen LogP contribution in [-0.4, -0.2) is 29.1 Å². The standard InChI is InChI=1S/C15H18FN3O2/c1-10-8-14(18-21-10)17-15(20)11(2)19(3)9-12-6-4-5-7-13(12)16/h4-8,11H,9H2,1-3H3,(H,17,18,20). The normalized spacial score (nSPS) is 12.4. The summed E-state index contributed by atoms with van der Waals surface area (Å²) in [6.45, 7) is 3.85. The van der Waals surface area contributed by atoms with Crippen molar-refractivity contribution in [3.63, 3.8) is 0 Å². The summed E-state index contributed by atoms with van der Waals surface area (Å²) in [4.78, 5) is 13.9. The summed E-state index contributed by atoms with van der Waals surface area (Å²) in [5.41, 5.74) is 0.553. The number of aryl methyl sites for hydroxylation is 1. The highest BCUT2D eigenvalue weighted by Gasteiger charge is 2.20. The number of nitrogens with zero attached hydrogens (tertiary/aromatic N) is 2. The van der Waals surface area contributed by atoms with Gasteiger partial charge in [-0.1, -0.05) is 23.4 Å². The van der Waals surface area contributed by atoms with E-state index in [0.717, 1.165) is 0 Å². The molecular weight excluding hydrogens is 273 g/mol. The smallest absolute Gasteiger partial charge is 0.242 e. The molecule has 1 N–H and O–H groups in total. The van der Waals surface area contributed by atoms with Crippen LogP contribution in [0.1, 0.15) is 18.2 Å². The van der Waals surface area contributed by atoms with Crippen molar-refractivity contribution in [2.45, 2.75) is 26.4 Å². The maximum absolute atomic E-state index is 13.6. The fourth-order valence-electron chi connectivity index (χ4n) is 1.89. The van der Waals surface area contributed by atoms with Crippen LogP contribution < -0.4 is 5.32 Å². The lowest BCUT2D eigenvalue weighted by atomic mass is 10.1. The number of carbonyl (C=O) groups is 1. The van der Waals surface area contributed by atoms with Crippen LogP contribution in [0.25, 0.3) is 0 Å². The molecule has 0 fully saturated rings. The molecular formula is C15H18FN3O2. The molecule has 1 aromatic carbocycles. The van der Waals surface area contributed by atoms with E-state index in [1.165, 1.54) is 6.07 Å². The number of hydrogen-bond acceptors (Lipinski definition) is 4. The van der Waals surface area contributed by atoms with Crippen LogP contribution in [0.3, 0.4) is 0 Å². The molecule has 0 bridgehead atoms. The van der Waals surface area contributed by atoms with Gasteiger partial charge in [-0.15, -0.1) is 0 Å². The van der Waals surface area contributed by atoms with Crippen LogP contribution in [0.15, 0.2) is 34.9 Å². The van der Waals surface area contributed by atoms with Crippen LogP contribution in [0.2, 0.25) is 0 Å². The summed E-state index contributed by atoms with van der Waals surface area (Å²) < 4.78 is 18.5. The minimum absolute atomic E-state index is 0.220. The molecule has 0 aliphatic rings. The second kappa shape index (κ2) is 6.49. The third kappa shape index (κ3) is 3.88. The van der Waals surface area contributed by atoms with E-state index < -0.39 is 6.04 Å². The van der Waals surface area contributed by atoms with Crippen LogP contribution in [0.4, 0.5) is 10.2 Å². The molecule has 21 heavy (non-hydrogen) atoms. The number of anilines is 1. The first-order chi connectivity index (χ1) is 9.97. The molecule has 2 aromatic rings. The number of halogens is 1. The van der Waals surface area contributed by atoms with Crippen LogP contribution >= 0.6 is 0 Å². The maximum atomic E-state index is 13.6. The number of likely N-dealkylation sites (N-methyl/N-ethyl adjacent to an activating group) is 1. The SMILES string of the molecule is Cc1cc(NC(=O)C(C)N(C)Cc2ccccc2F)no1. The van der Waals surface area contributed by atoms with Crippen molar-refractivity contribution in [3.8, 4) is 0 Å². The molecule has 0 aliphatic carbocycles. The summed E-state index contributed by atoms with van der Waals surface area (Å²) >= 11 is 0. The maximum Gasteiger partial charge on any atom is 0.242 e. The number of carbonyl (C=O) groups excluding carboxylic acids is 1. The lowest BCUT2D eigenvalue weighted by Gasteiger charge is -2.23. The molecule has 1 heterocycles. The van der Waals surface area contributed by atoms with E-state index in [0.29, 0.717) is 23.7 Å². The average molecular weight is 291 g/mol. The fraction of sp³-hybridized carbons (Fsp3) is 0.333. The molecule has 1 atom stereocenters. The summed E-state index contributed by atoms with van der Waals surface area (Å²) in [5, 5.41) is 6.37. The number of aromatic nitrogens is 1. The summed E-state index contributed by atoms with van der Waals surface area (Å²) in [6.07, 6.45) is 0. The van der Waals surface area contributed by atoms with Gasteiger partial charge in [-0.2, -0.15) is 0 Å². The van der Waals surface area contributed by atoms with Crippen molar-refractivity contribution in [2.24, 2.45) is 0 Å². The number of amides is 1. The van der Waals surface area contributed by atoms with Gasteiger partial charge in [-0.05, 0) is 27.0 Å². The van der Waals surface area contributed by atoms with Gasteiger partial charge in [0.05, 0.1) is 6.04 Å². The van der Waals surface area contributed by atoms with Gasteiger partial charge in [-0.25, -0.2) is 4.39 Å². The highest BCUT2D eigenvalue weighted by molar-refractivity contribution is 5.93. The Balaban J connectivity index is 1.97. The van der Waals surface area contributed by atoms with E-state index in [1.54, 1.807) is 50.1 Å². The van der Waals surface area contributed by atoms with Gasteiger partial charge >= 0.3 is 0 Å². The van der Waals surface area contributed by atoms with E-state index in [2.05, 4.69) is 10.5 Å². The number of rotatable bonds is 5. The molecule has 0 spiro atoms. The topological polar surface area (TPSA) is 58.4 Å². The van der Waals surface area contributed by atoms with Crippen LogP contribution in [0.5, 0.6) is 0 Å². The number of hydrogen-bond donors (Lipinski definition) is 1. The van der Waals surface area contributed by atoms with E-state index in [1.807, 2.05) is 0 Å². The van der Waals surface area contributed by atoms with Gasteiger partial charge in [0, 0.05) is 18.2 Å². The highest BCUT2D eigenvalue weighted by Crippen LogP contribution is 2.12. The Morgan fingerprint density at radius 3 is 2.81 bits per heavy atom. The third-order valence-electron chi connectivity index (χ3n) is 3.30. The van der Waals surface area contributed by atoms with Crippen LogP contribution in [-0.2, 0) is 11.3 Å². The van der Waals surface area contributed by atoms with Gasteiger partial charge in [0.25, 0.3) is 0 Å². The molecule has 0 saturated heterocycles. The first-order valence-electron chi connectivity index (χ1n) is 6.65. The van der Waals surface area contributed by atoms with Gasteiger partial charge in [0.2, 0.25) is 5.91 Å². The monoisotopic (exact) mass is 291 g/mol. The van der Waals surface area contributed by atoms with Gasteiger partial charge < -0.3 is 9.84 Å². The molecule has 1 unspecified atom stereocenters. The minimum atomic E-state index is -0.429. The van der Waals surface area contributed by atoms with Gasteiger partial charge in [-0.3, -0.25) is 9.69 Å². The van der Waals surface area contributed by atoms with Crippen molar-refractivity contribution in [1.82, 2.24) is 10.1 Å². The second-order valence-electron chi connectivity index (χ2n) is 4.99. The molecule has 1 amide bonds. The Labute approximate surface area is 122 Å². The second-order valence-corrected chi connectivity index (χ2v) is 4.99. The summed E-state index contributed by atoms with van der Waals surface area (Å²) in [6, 6.07) is 7.74. The van der Waals surface area contributed by atoms with Crippen molar-refractivity contribution >= 4 is 11.7 Å². The Bertz CT molecular complexity index is 627. The molecule has 0 saturated carbocycles. The molecule has 0 aliphatic heterocycles. The zero-order valence-corrected chi connectivity index (χ0v) is 12.3. The summed E-state index contributed by atoms with van der Waals surface area (Å²) in [5.74, 6) is 0.507. The van der Waals surface area contributed by atoms with Crippen molar-refractivity contribution < 1.29 is 13.7 Å². The number of nitrogens with one attached hydrogen (secondary N) is 1. The lowest BCUT2D eigenvalue weighted by molar-refractivity contribution is -0.120. The Morgan fingerprint density at radius 1 is 1.48 bits per heavy atom. The van der Waals surface area contributed by atoms with Crippen molar-refractivity contribution in [3.05, 3.63) is 47.5 Å². The van der Waals surface area contributed by atoms with E-state index in [9.17, 15) is 9.18 Å². The minimum Gasteiger partial charge on any atom is -0.360 e. The Hall–Kier alpha value is -2.21. The van der Waals surface area contributed by atoms with Crippen molar-refractivity contribution in [1.29, 1.82) is 0 Å². The first-order valence-corrected chi connectivity index (χ1v) is 6.65. The van der Waals surface area contributed by atoms with Gasteiger partial charge in [0.15, 0.2) is 5.82 Å². The number of benzene rings is 1. The predicted octanol–water partition coefficient (Wildman–Crippen LogP) is 2.58. The molecule has 6 heteroatoms. The zero-order valence-electron chi connectivity index (χ0n) is 12.3. The molecule has 1 aromatic heterocycles. The largest absolute Gasteiger partial charge is 0.360 e. The van der Waals surface area contributed by atoms with E-state index in [-0.39, 0.29) is 11.7 Å². The van der Waals surface area contributed by atoms with Crippen LogP contribution in [0, 0.1) is 12.7 Å². The molecule has 112 valence electrons. The third-order valence-corrected chi connectivity index (χ3v) is 3.30. The van der Waals surface area contributed by atoms with E-state index >= 15 is 0 Å². The highest BCUT2D eigenvalue weighted by atomic mass is 19.1. The molecule has 2 rings (SSSR count). The Morgan fingerprint density at radius 2 is 2.19 bits per heavy atom. The van der Waals surface area contributed by atoms with Crippen molar-refractivity contribution in [2.75, 3.05) is 12.4 Å². The lowest BCUT2D eigenvalue weighted by Crippen LogP contribution is -2.39.